The molecule has 2 heterocycles. The molecule has 7 heteroatoms. The van der Waals surface area contributed by atoms with Crippen LogP contribution >= 0.6 is 0 Å². The van der Waals surface area contributed by atoms with Gasteiger partial charge in [0, 0.05) is 38.6 Å². The van der Waals surface area contributed by atoms with Gasteiger partial charge in [-0.2, -0.15) is 0 Å². The quantitative estimate of drug-likeness (QED) is 0.611. The van der Waals surface area contributed by atoms with E-state index >= 15 is 0 Å². The smallest absolute Gasteiger partial charge is 0.339 e. The van der Waals surface area contributed by atoms with Gasteiger partial charge in [-0.25, -0.2) is 14.8 Å². The Labute approximate surface area is 174 Å². The summed E-state index contributed by atoms with van der Waals surface area (Å²) in [7, 11) is 0. The molecule has 0 spiro atoms. The fourth-order valence-corrected chi connectivity index (χ4v) is 3.44. The first-order valence-corrected chi connectivity index (χ1v) is 9.84. The summed E-state index contributed by atoms with van der Waals surface area (Å²) in [6, 6.07) is 18.7. The van der Waals surface area contributed by atoms with Gasteiger partial charge in [0.25, 0.3) is 5.91 Å². The van der Waals surface area contributed by atoms with E-state index in [1.165, 1.54) is 0 Å². The third kappa shape index (κ3) is 4.46. The van der Waals surface area contributed by atoms with E-state index in [4.69, 9.17) is 4.74 Å². The molecule has 0 radical (unpaired) electrons. The van der Waals surface area contributed by atoms with E-state index in [-0.39, 0.29) is 12.5 Å². The van der Waals surface area contributed by atoms with E-state index in [0.717, 1.165) is 11.1 Å². The first kappa shape index (κ1) is 19.6. The Morgan fingerprint density at radius 1 is 0.833 bits per heavy atom. The predicted molar refractivity (Wildman–Crippen MR) is 113 cm³/mol. The topological polar surface area (TPSA) is 75.6 Å². The number of carbonyl (C=O) groups excluding carboxylic acids is 2. The number of amides is 1. The van der Waals surface area contributed by atoms with E-state index in [2.05, 4.69) is 9.97 Å². The molecule has 3 aromatic rings. The van der Waals surface area contributed by atoms with Gasteiger partial charge in [0.2, 0.25) is 5.95 Å². The molecule has 0 saturated carbocycles. The highest BCUT2D eigenvalue weighted by Crippen LogP contribution is 2.24. The Balaban J connectivity index is 1.33. The van der Waals surface area contributed by atoms with Crippen molar-refractivity contribution in [2.45, 2.75) is 0 Å². The normalized spacial score (nSPS) is 13.7. The number of hydrogen-bond acceptors (Lipinski definition) is 6. The summed E-state index contributed by atoms with van der Waals surface area (Å²) >= 11 is 0. The number of benzene rings is 2. The van der Waals surface area contributed by atoms with Crippen molar-refractivity contribution in [2.24, 2.45) is 0 Å². The molecule has 0 aliphatic carbocycles. The highest BCUT2D eigenvalue weighted by molar-refractivity contribution is 5.98. The Morgan fingerprint density at radius 3 is 2.23 bits per heavy atom. The van der Waals surface area contributed by atoms with Gasteiger partial charge < -0.3 is 14.5 Å². The van der Waals surface area contributed by atoms with Gasteiger partial charge in [-0.3, -0.25) is 4.79 Å². The lowest BCUT2D eigenvalue weighted by atomic mass is 10.00. The maximum Gasteiger partial charge on any atom is 0.339 e. The summed E-state index contributed by atoms with van der Waals surface area (Å²) in [5, 5.41) is 0. The maximum absolute atomic E-state index is 12.6. The molecule has 1 aliphatic heterocycles. The Kier molecular flexibility index (Phi) is 5.98. The zero-order valence-electron chi connectivity index (χ0n) is 16.5. The second kappa shape index (κ2) is 9.17. The van der Waals surface area contributed by atoms with Crippen molar-refractivity contribution >= 4 is 17.8 Å². The number of aromatic nitrogens is 2. The standard InChI is InChI=1S/C23H22N4O3/c28-21(26-13-15-27(16-14-26)23-24-11-6-12-25-23)17-30-22(29)20-10-5-4-9-19(20)18-7-2-1-3-8-18/h1-12H,13-17H2. The van der Waals surface area contributed by atoms with Crippen LogP contribution in [-0.2, 0) is 9.53 Å². The third-order valence-corrected chi connectivity index (χ3v) is 5.03. The Morgan fingerprint density at radius 2 is 1.50 bits per heavy atom. The van der Waals surface area contributed by atoms with Crippen LogP contribution in [0.2, 0.25) is 0 Å². The number of piperazine rings is 1. The zero-order chi connectivity index (χ0) is 20.8. The molecule has 1 fully saturated rings. The number of ether oxygens (including phenoxy) is 1. The van der Waals surface area contributed by atoms with Crippen LogP contribution in [0.4, 0.5) is 5.95 Å². The zero-order valence-corrected chi connectivity index (χ0v) is 16.5. The van der Waals surface area contributed by atoms with Crippen LogP contribution < -0.4 is 4.90 Å². The third-order valence-electron chi connectivity index (χ3n) is 5.03. The molecule has 1 amide bonds. The van der Waals surface area contributed by atoms with Crippen molar-refractivity contribution in [1.82, 2.24) is 14.9 Å². The van der Waals surface area contributed by atoms with Crippen molar-refractivity contribution in [3.8, 4) is 11.1 Å². The molecule has 1 aromatic heterocycles. The molecule has 2 aromatic carbocycles. The lowest BCUT2D eigenvalue weighted by Crippen LogP contribution is -2.50. The second-order valence-electron chi connectivity index (χ2n) is 6.90. The molecule has 30 heavy (non-hydrogen) atoms. The predicted octanol–water partition coefficient (Wildman–Crippen LogP) is 2.65. The second-order valence-corrected chi connectivity index (χ2v) is 6.90. The van der Waals surface area contributed by atoms with E-state index in [1.54, 1.807) is 35.5 Å². The molecular weight excluding hydrogens is 380 g/mol. The SMILES string of the molecule is O=C(OCC(=O)N1CCN(c2ncccn2)CC1)c1ccccc1-c1ccccc1. The minimum absolute atomic E-state index is 0.200. The average Bonchev–Trinajstić information content (AvgIpc) is 2.83. The van der Waals surface area contributed by atoms with Gasteiger partial charge >= 0.3 is 5.97 Å². The van der Waals surface area contributed by atoms with E-state index < -0.39 is 5.97 Å². The van der Waals surface area contributed by atoms with E-state index in [1.807, 2.05) is 47.4 Å². The van der Waals surface area contributed by atoms with Crippen molar-refractivity contribution in [1.29, 1.82) is 0 Å². The maximum atomic E-state index is 12.6. The molecule has 4 rings (SSSR count). The minimum Gasteiger partial charge on any atom is -0.452 e. The number of nitrogens with zero attached hydrogens (tertiary/aromatic N) is 4. The monoisotopic (exact) mass is 402 g/mol. The molecule has 1 aliphatic rings. The van der Waals surface area contributed by atoms with Crippen molar-refractivity contribution in [3.63, 3.8) is 0 Å². The average molecular weight is 402 g/mol. The Hall–Kier alpha value is -3.74. The molecule has 1 saturated heterocycles. The van der Waals surface area contributed by atoms with Gasteiger partial charge in [0.15, 0.2) is 6.61 Å². The van der Waals surface area contributed by atoms with Crippen molar-refractivity contribution in [2.75, 3.05) is 37.7 Å². The Bertz CT molecular complexity index is 1000. The van der Waals surface area contributed by atoms with E-state index in [0.29, 0.717) is 37.7 Å². The number of esters is 1. The lowest BCUT2D eigenvalue weighted by Gasteiger charge is -2.34. The summed E-state index contributed by atoms with van der Waals surface area (Å²) in [4.78, 5) is 37.4. The van der Waals surface area contributed by atoms with E-state index in [9.17, 15) is 9.59 Å². The number of anilines is 1. The van der Waals surface area contributed by atoms with Crippen molar-refractivity contribution in [3.05, 3.63) is 78.6 Å². The highest BCUT2D eigenvalue weighted by atomic mass is 16.5. The van der Waals surface area contributed by atoms with Crippen LogP contribution in [0.1, 0.15) is 10.4 Å². The highest BCUT2D eigenvalue weighted by Gasteiger charge is 2.24. The van der Waals surface area contributed by atoms with Crippen LogP contribution in [0.3, 0.4) is 0 Å². The van der Waals surface area contributed by atoms with Gasteiger partial charge in [-0.05, 0) is 23.3 Å². The van der Waals surface area contributed by atoms with Crippen LogP contribution in [-0.4, -0.2) is 59.5 Å². The molecule has 0 unspecified atom stereocenters. The first-order chi connectivity index (χ1) is 14.7. The molecular formula is C23H22N4O3. The summed E-state index contributed by atoms with van der Waals surface area (Å²) in [5.41, 5.74) is 2.16. The summed E-state index contributed by atoms with van der Waals surface area (Å²) in [6.45, 7) is 2.08. The van der Waals surface area contributed by atoms with Gasteiger partial charge in [0.05, 0.1) is 5.56 Å². The summed E-state index contributed by atoms with van der Waals surface area (Å²) in [5.74, 6) is -0.0400. The van der Waals surface area contributed by atoms with Gasteiger partial charge in [-0.1, -0.05) is 48.5 Å². The largest absolute Gasteiger partial charge is 0.452 e. The van der Waals surface area contributed by atoms with Crippen LogP contribution in [0, 0.1) is 0 Å². The minimum atomic E-state index is -0.501. The number of rotatable bonds is 5. The lowest BCUT2D eigenvalue weighted by molar-refractivity contribution is -0.134. The van der Waals surface area contributed by atoms with Crippen LogP contribution in [0.5, 0.6) is 0 Å². The number of hydrogen-bond donors (Lipinski definition) is 0. The molecule has 0 N–H and O–H groups in total. The number of carbonyl (C=O) groups is 2. The fraction of sp³-hybridized carbons (Fsp3) is 0.217. The summed E-state index contributed by atoms with van der Waals surface area (Å²) in [6.07, 6.45) is 3.40. The summed E-state index contributed by atoms with van der Waals surface area (Å²) < 4.78 is 5.35. The first-order valence-electron chi connectivity index (χ1n) is 9.84. The van der Waals surface area contributed by atoms with Gasteiger partial charge in [0.1, 0.15) is 0 Å². The van der Waals surface area contributed by atoms with Crippen LogP contribution in [0.15, 0.2) is 73.1 Å². The molecule has 0 bridgehead atoms. The fourth-order valence-electron chi connectivity index (χ4n) is 3.44. The molecule has 152 valence electrons. The molecule has 0 atom stereocenters. The van der Waals surface area contributed by atoms with Crippen LogP contribution in [0.25, 0.3) is 11.1 Å². The molecule has 7 nitrogen and oxygen atoms in total. The van der Waals surface area contributed by atoms with Crippen molar-refractivity contribution < 1.29 is 14.3 Å². The van der Waals surface area contributed by atoms with Gasteiger partial charge in [-0.15, -0.1) is 0 Å².